The zero-order valence-electron chi connectivity index (χ0n) is 53.9. The van der Waals surface area contributed by atoms with Gasteiger partial charge in [0.25, 0.3) is 0 Å². The van der Waals surface area contributed by atoms with Crippen molar-refractivity contribution < 1.29 is 155 Å². The summed E-state index contributed by atoms with van der Waals surface area (Å²) >= 11 is 0. The van der Waals surface area contributed by atoms with Gasteiger partial charge in [-0.25, -0.2) is 4.18 Å². The zero-order valence-corrected chi connectivity index (χ0v) is 54.7. The average molecular weight is 1380 g/mol. The molecule has 0 amide bonds. The third-order valence-electron chi connectivity index (χ3n) is 22.4. The lowest BCUT2D eigenvalue weighted by Gasteiger charge is -2.60. The second-order valence-corrected chi connectivity index (χ2v) is 30.0. The predicted octanol–water partition coefficient (Wildman–Crippen LogP) is -4.36. The van der Waals surface area contributed by atoms with Gasteiger partial charge in [0.2, 0.25) is 0 Å². The molecule has 0 aromatic heterocycles. The van der Waals surface area contributed by atoms with Gasteiger partial charge in [-0.15, -0.1) is 0 Å². The van der Waals surface area contributed by atoms with Crippen LogP contribution in [0.2, 0.25) is 0 Å². The zero-order chi connectivity index (χ0) is 68.7. The molecule has 0 aromatic carbocycles. The lowest BCUT2D eigenvalue weighted by atomic mass is 9.47. The van der Waals surface area contributed by atoms with Gasteiger partial charge >= 0.3 is 10.4 Å². The number of aliphatic hydroxyl groups excluding tert-OH is 14. The molecule has 32 nitrogen and oxygen atoms in total. The number of aliphatic hydroxyl groups is 15. The number of ketones is 1. The molecule has 3 saturated carbocycles. The molecular weight excluding hydrogens is 1280 g/mol. The summed E-state index contributed by atoms with van der Waals surface area (Å²) in [6.45, 7) is 11.1. The number of rotatable bonds is 21. The van der Waals surface area contributed by atoms with Crippen LogP contribution in [0.25, 0.3) is 0 Å². The van der Waals surface area contributed by atoms with Crippen LogP contribution in [0.15, 0.2) is 11.6 Å². The Bertz CT molecular complexity index is 2700. The number of Topliss-reactive ketones (excluding diaryl/α,β-unsaturated/α-hetero) is 1. The quantitative estimate of drug-likeness (QED) is 0.0381. The first kappa shape index (κ1) is 74.9. The van der Waals surface area contributed by atoms with Gasteiger partial charge in [-0.1, -0.05) is 39.3 Å². The molecule has 37 unspecified atom stereocenters. The van der Waals surface area contributed by atoms with Crippen LogP contribution < -0.4 is 0 Å². The van der Waals surface area contributed by atoms with Gasteiger partial charge in [-0.3, -0.25) is 9.35 Å². The van der Waals surface area contributed by atoms with Crippen molar-refractivity contribution in [2.75, 3.05) is 26.4 Å². The summed E-state index contributed by atoms with van der Waals surface area (Å²) in [5, 5.41) is 168. The van der Waals surface area contributed by atoms with E-state index in [-0.39, 0.29) is 54.3 Å². The number of hydrogen-bond donors (Lipinski definition) is 16. The molecule has 4 aliphatic carbocycles. The van der Waals surface area contributed by atoms with Crippen LogP contribution in [-0.2, 0) is 76.2 Å². The number of ether oxygens (including phenoxy) is 12. The standard InChI is InChI=1S/C61H100O32S/c1-22(2)31(64)17-61(8,77)36-10-9-28-27-16-32(30-15-26(20-82-94(78,79)80)11-13-59(30,6)29(27)12-14-60(28,36)7)86-55-47(75)50(39(67)24(4)84-55)91-57-51(92-53-46(74)43(71)37(65)23(3)83-53)42(70)35(21-81-57)89-58-52(44(72)40(68)33(18-62)88-58)93-56-48(76)49(38(66)25(5)85-56)90-54-45(73)41(69)34(19-63)87-54/h12,22-28,30,32-58,62-63,65-77H,9-11,13-21H2,1-8H3,(H,78,79,80). The molecule has 6 heterocycles. The number of fused-ring (bicyclic) bond motifs is 5. The molecule has 37 atom stereocenters. The van der Waals surface area contributed by atoms with Crippen molar-refractivity contribution in [3.63, 3.8) is 0 Å². The van der Waals surface area contributed by atoms with E-state index in [9.17, 15) is 94.4 Å². The van der Waals surface area contributed by atoms with Crippen LogP contribution in [0.1, 0.15) is 107 Å². The molecule has 0 radical (unpaired) electrons. The van der Waals surface area contributed by atoms with Crippen LogP contribution in [-0.4, -0.2) is 306 Å². The smallest absolute Gasteiger partial charge is 0.394 e. The maximum Gasteiger partial charge on any atom is 0.397 e. The fourth-order valence-corrected chi connectivity index (χ4v) is 17.2. The van der Waals surface area contributed by atoms with E-state index in [0.29, 0.717) is 38.5 Å². The SMILES string of the molecule is CC(C)C(=O)CC(C)(O)C1CCC2C3CC(OC4OC(C)C(O)C(OC5OCC(OC6OC(CO)C(O)C(O)C6OC6OC(C)C(O)C(OC7OC(CO)C(O)C7O)C6O)C(O)C5OC5OC(C)C(O)C(O)C5O)C4O)C4CC(COS(=O)(=O)O)CCC4(C)C3=CCC21C. The Hall–Kier alpha value is -1.80. The van der Waals surface area contributed by atoms with Crippen molar-refractivity contribution >= 4 is 16.2 Å². The van der Waals surface area contributed by atoms with E-state index in [2.05, 4.69) is 19.9 Å². The molecule has 0 spiro atoms. The molecular formula is C61H100O32S. The highest BCUT2D eigenvalue weighted by Gasteiger charge is 2.64. The molecule has 6 saturated heterocycles. The predicted molar refractivity (Wildman–Crippen MR) is 312 cm³/mol. The minimum atomic E-state index is -4.80. The van der Waals surface area contributed by atoms with Gasteiger partial charge in [0.1, 0.15) is 122 Å². The average Bonchev–Trinajstić information content (AvgIpc) is 1.34. The second kappa shape index (κ2) is 29.3. The molecule has 0 aromatic rings. The van der Waals surface area contributed by atoms with Crippen molar-refractivity contribution in [3.8, 4) is 0 Å². The molecule has 9 fully saturated rings. The number of carbonyl (C=O) groups excluding carboxylic acids is 1. The molecule has 6 aliphatic heterocycles. The van der Waals surface area contributed by atoms with E-state index < -0.39 is 225 Å². The minimum absolute atomic E-state index is 0.00453. The molecule has 33 heteroatoms. The highest BCUT2D eigenvalue weighted by atomic mass is 32.3. The van der Waals surface area contributed by atoms with Crippen molar-refractivity contribution in [2.24, 2.45) is 46.3 Å². The van der Waals surface area contributed by atoms with Crippen LogP contribution in [0.5, 0.6) is 0 Å². The van der Waals surface area contributed by atoms with Gasteiger partial charge in [-0.05, 0) is 113 Å². The number of carbonyl (C=O) groups is 1. The first-order valence-corrected chi connectivity index (χ1v) is 34.2. The molecule has 10 rings (SSSR count). The summed E-state index contributed by atoms with van der Waals surface area (Å²) in [6, 6.07) is 0. The van der Waals surface area contributed by atoms with E-state index >= 15 is 0 Å². The van der Waals surface area contributed by atoms with E-state index in [1.165, 1.54) is 26.3 Å². The lowest BCUT2D eigenvalue weighted by Crippen LogP contribution is -2.67. The van der Waals surface area contributed by atoms with Gasteiger partial charge < -0.3 is 133 Å². The topological polar surface area (TPSA) is 495 Å². The number of allylic oxidation sites excluding steroid dienone is 2. The highest BCUT2D eigenvalue weighted by Crippen LogP contribution is 2.68. The first-order chi connectivity index (χ1) is 44.0. The fourth-order valence-electron chi connectivity index (χ4n) is 16.9. The van der Waals surface area contributed by atoms with Crippen LogP contribution >= 0.6 is 0 Å². The highest BCUT2D eigenvalue weighted by molar-refractivity contribution is 7.80. The largest absolute Gasteiger partial charge is 0.397 e. The van der Waals surface area contributed by atoms with Crippen LogP contribution in [0.3, 0.4) is 0 Å². The number of hydrogen-bond acceptors (Lipinski definition) is 31. The van der Waals surface area contributed by atoms with Crippen molar-refractivity contribution in [1.82, 2.24) is 0 Å². The van der Waals surface area contributed by atoms with Crippen LogP contribution in [0.4, 0.5) is 0 Å². The summed E-state index contributed by atoms with van der Waals surface area (Å²) in [6.07, 6.45) is -43.3. The molecule has 10 aliphatic rings. The first-order valence-electron chi connectivity index (χ1n) is 32.8. The maximum atomic E-state index is 13.2. The Kier molecular flexibility index (Phi) is 23.3. The van der Waals surface area contributed by atoms with Crippen LogP contribution in [0, 0.1) is 46.3 Å². The molecule has 0 bridgehead atoms. The Morgan fingerprint density at radius 2 is 1.09 bits per heavy atom. The van der Waals surface area contributed by atoms with Gasteiger partial charge in [0.15, 0.2) is 37.7 Å². The third-order valence-corrected chi connectivity index (χ3v) is 22.8. The van der Waals surface area contributed by atoms with Gasteiger partial charge in [0, 0.05) is 12.3 Å². The summed E-state index contributed by atoms with van der Waals surface area (Å²) in [4.78, 5) is 13.2. The Labute approximate surface area is 544 Å². The van der Waals surface area contributed by atoms with Crippen molar-refractivity contribution in [2.45, 2.75) is 290 Å². The monoisotopic (exact) mass is 1380 g/mol. The third kappa shape index (κ3) is 14.7. The van der Waals surface area contributed by atoms with Crippen molar-refractivity contribution in [1.29, 1.82) is 0 Å². The van der Waals surface area contributed by atoms with E-state index in [1.807, 2.05) is 0 Å². The summed E-state index contributed by atoms with van der Waals surface area (Å²) in [5.74, 6) is -1.45. The Balaban J connectivity index is 0.906. The van der Waals surface area contributed by atoms with E-state index in [4.69, 9.17) is 61.0 Å². The summed E-state index contributed by atoms with van der Waals surface area (Å²) in [5.41, 5.74) is -1.15. The molecule has 16 N–H and O–H groups in total. The summed E-state index contributed by atoms with van der Waals surface area (Å²) in [7, 11) is -4.80. The second-order valence-electron chi connectivity index (χ2n) is 28.9. The van der Waals surface area contributed by atoms with Gasteiger partial charge in [-0.2, -0.15) is 8.42 Å². The lowest BCUT2D eigenvalue weighted by molar-refractivity contribution is -0.400. The van der Waals surface area contributed by atoms with Gasteiger partial charge in [0.05, 0.1) is 56.4 Å². The van der Waals surface area contributed by atoms with E-state index in [1.54, 1.807) is 20.8 Å². The summed E-state index contributed by atoms with van der Waals surface area (Å²) < 4.78 is 111. The minimum Gasteiger partial charge on any atom is -0.394 e. The fraction of sp³-hybridized carbons (Fsp3) is 0.951. The Morgan fingerprint density at radius 1 is 0.585 bits per heavy atom. The molecule has 542 valence electrons. The molecule has 94 heavy (non-hydrogen) atoms. The van der Waals surface area contributed by atoms with Crippen molar-refractivity contribution in [3.05, 3.63) is 11.6 Å². The van der Waals surface area contributed by atoms with E-state index in [0.717, 1.165) is 6.42 Å². The maximum absolute atomic E-state index is 13.2. The normalized spacial score (nSPS) is 51.5. The Morgan fingerprint density at radius 3 is 1.67 bits per heavy atom.